The summed E-state index contributed by atoms with van der Waals surface area (Å²) in [4.78, 5) is 10.7. The van der Waals surface area contributed by atoms with E-state index in [2.05, 4.69) is 0 Å². The number of hydrogen-bond donors (Lipinski definition) is 1. The van der Waals surface area contributed by atoms with Gasteiger partial charge in [0.15, 0.2) is 0 Å². The molecule has 2 atom stereocenters. The van der Waals surface area contributed by atoms with Crippen LogP contribution in [0.25, 0.3) is 0 Å². The molecule has 1 aliphatic carbocycles. The Balaban J connectivity index is 2.03. The first kappa shape index (κ1) is 11.3. The van der Waals surface area contributed by atoms with Crippen LogP contribution in [-0.4, -0.2) is 18.2 Å². The molecule has 2 unspecified atom stereocenters. The molecule has 0 aromatic heterocycles. The fraction of sp³-hybridized carbons (Fsp3) is 0.417. The van der Waals surface area contributed by atoms with Crippen molar-refractivity contribution in [3.8, 4) is 5.75 Å². The minimum atomic E-state index is -0.699. The third kappa shape index (κ3) is 2.30. The summed E-state index contributed by atoms with van der Waals surface area (Å²) in [7, 11) is 1.59. The van der Waals surface area contributed by atoms with E-state index >= 15 is 0 Å². The molecule has 1 fully saturated rings. The molecule has 0 aliphatic heterocycles. The smallest absolute Gasteiger partial charge is 0.306 e. The van der Waals surface area contributed by atoms with Crippen LogP contribution >= 0.6 is 11.6 Å². The molecule has 1 aromatic carbocycles. The summed E-state index contributed by atoms with van der Waals surface area (Å²) in [6.45, 7) is 0. The monoisotopic (exact) mass is 240 g/mol. The molecule has 1 N–H and O–H groups in total. The van der Waals surface area contributed by atoms with E-state index in [9.17, 15) is 4.79 Å². The zero-order valence-corrected chi connectivity index (χ0v) is 9.70. The number of halogens is 1. The Bertz CT molecular complexity index is 417. The molecule has 0 bridgehead atoms. The van der Waals surface area contributed by atoms with E-state index in [0.717, 1.165) is 24.2 Å². The largest absolute Gasteiger partial charge is 0.497 e. The van der Waals surface area contributed by atoms with Gasteiger partial charge in [-0.2, -0.15) is 0 Å². The molecule has 1 aliphatic rings. The number of ether oxygens (including phenoxy) is 1. The molecule has 86 valence electrons. The van der Waals surface area contributed by atoms with Crippen molar-refractivity contribution in [2.45, 2.75) is 12.8 Å². The summed E-state index contributed by atoms with van der Waals surface area (Å²) in [6.07, 6.45) is 1.50. The van der Waals surface area contributed by atoms with Gasteiger partial charge in [-0.25, -0.2) is 0 Å². The third-order valence-electron chi connectivity index (χ3n) is 2.98. The lowest BCUT2D eigenvalue weighted by Crippen LogP contribution is -2.01. The number of carboxylic acids is 1. The van der Waals surface area contributed by atoms with E-state index in [1.165, 1.54) is 0 Å². The highest BCUT2D eigenvalue weighted by Gasteiger charge is 2.42. The van der Waals surface area contributed by atoms with Crippen LogP contribution in [0.3, 0.4) is 0 Å². The molecule has 4 heteroatoms. The van der Waals surface area contributed by atoms with Crippen molar-refractivity contribution in [1.82, 2.24) is 0 Å². The van der Waals surface area contributed by atoms with Crippen molar-refractivity contribution in [3.63, 3.8) is 0 Å². The van der Waals surface area contributed by atoms with Gasteiger partial charge in [0, 0.05) is 5.02 Å². The van der Waals surface area contributed by atoms with Gasteiger partial charge in [0.05, 0.1) is 13.0 Å². The maximum Gasteiger partial charge on any atom is 0.306 e. The van der Waals surface area contributed by atoms with Crippen LogP contribution in [-0.2, 0) is 11.2 Å². The number of rotatable bonds is 4. The molecule has 3 nitrogen and oxygen atoms in total. The number of benzene rings is 1. The van der Waals surface area contributed by atoms with Crippen molar-refractivity contribution in [2.24, 2.45) is 11.8 Å². The maximum absolute atomic E-state index is 10.7. The third-order valence-corrected chi connectivity index (χ3v) is 3.33. The van der Waals surface area contributed by atoms with E-state index in [4.69, 9.17) is 21.4 Å². The van der Waals surface area contributed by atoms with Crippen molar-refractivity contribution >= 4 is 17.6 Å². The van der Waals surface area contributed by atoms with E-state index in [0.29, 0.717) is 5.02 Å². The van der Waals surface area contributed by atoms with Crippen LogP contribution in [0.15, 0.2) is 18.2 Å². The topological polar surface area (TPSA) is 46.5 Å². The van der Waals surface area contributed by atoms with Crippen molar-refractivity contribution < 1.29 is 14.6 Å². The summed E-state index contributed by atoms with van der Waals surface area (Å²) in [5.41, 5.74) is 0.996. The van der Waals surface area contributed by atoms with Gasteiger partial charge in [0.2, 0.25) is 0 Å². The molecular weight excluding hydrogens is 228 g/mol. The van der Waals surface area contributed by atoms with Crippen LogP contribution in [0.4, 0.5) is 0 Å². The highest BCUT2D eigenvalue weighted by molar-refractivity contribution is 6.31. The maximum atomic E-state index is 10.7. The fourth-order valence-electron chi connectivity index (χ4n) is 1.88. The van der Waals surface area contributed by atoms with Crippen molar-refractivity contribution in [1.29, 1.82) is 0 Å². The van der Waals surface area contributed by atoms with Gasteiger partial charge in [-0.3, -0.25) is 4.79 Å². The van der Waals surface area contributed by atoms with Gasteiger partial charge in [-0.15, -0.1) is 0 Å². The van der Waals surface area contributed by atoms with Crippen LogP contribution in [0, 0.1) is 11.8 Å². The summed E-state index contributed by atoms with van der Waals surface area (Å²) in [6, 6.07) is 5.51. The molecule has 0 spiro atoms. The number of aliphatic carboxylic acids is 1. The number of methoxy groups -OCH3 is 1. The minimum Gasteiger partial charge on any atom is -0.497 e. The molecule has 0 heterocycles. The van der Waals surface area contributed by atoms with E-state index in [1.807, 2.05) is 12.1 Å². The summed E-state index contributed by atoms with van der Waals surface area (Å²) >= 11 is 6.08. The highest BCUT2D eigenvalue weighted by Crippen LogP contribution is 2.42. The van der Waals surface area contributed by atoms with E-state index in [-0.39, 0.29) is 11.8 Å². The second kappa shape index (κ2) is 4.34. The van der Waals surface area contributed by atoms with Crippen LogP contribution < -0.4 is 4.74 Å². The fourth-order valence-corrected chi connectivity index (χ4v) is 2.13. The summed E-state index contributed by atoms with van der Waals surface area (Å²) < 4.78 is 5.05. The Labute approximate surface area is 99.0 Å². The Morgan fingerprint density at radius 2 is 2.38 bits per heavy atom. The van der Waals surface area contributed by atoms with Crippen LogP contribution in [0.1, 0.15) is 12.0 Å². The lowest BCUT2D eigenvalue weighted by Gasteiger charge is -2.05. The second-order valence-electron chi connectivity index (χ2n) is 4.10. The normalized spacial score (nSPS) is 22.9. The highest BCUT2D eigenvalue weighted by atomic mass is 35.5. The van der Waals surface area contributed by atoms with Gasteiger partial charge >= 0.3 is 5.97 Å². The Hall–Kier alpha value is -1.22. The van der Waals surface area contributed by atoms with E-state index < -0.39 is 5.97 Å². The van der Waals surface area contributed by atoms with Crippen LogP contribution in [0.5, 0.6) is 5.75 Å². The first-order chi connectivity index (χ1) is 7.61. The van der Waals surface area contributed by atoms with Gasteiger partial charge in [0.25, 0.3) is 0 Å². The van der Waals surface area contributed by atoms with Crippen molar-refractivity contribution in [3.05, 3.63) is 28.8 Å². The Kier molecular flexibility index (Phi) is 3.06. The lowest BCUT2D eigenvalue weighted by molar-refractivity contribution is -0.138. The zero-order chi connectivity index (χ0) is 11.7. The number of carbonyl (C=O) groups is 1. The Morgan fingerprint density at radius 3 is 2.88 bits per heavy atom. The van der Waals surface area contributed by atoms with Gasteiger partial charge < -0.3 is 9.84 Å². The molecular formula is C12H13ClO3. The predicted molar refractivity (Wildman–Crippen MR) is 60.9 cm³/mol. The number of carboxylic acid groups (broad SMARTS) is 1. The first-order valence-corrected chi connectivity index (χ1v) is 5.55. The van der Waals surface area contributed by atoms with Gasteiger partial charge in [0.1, 0.15) is 5.75 Å². The van der Waals surface area contributed by atoms with Crippen LogP contribution in [0.2, 0.25) is 5.02 Å². The Morgan fingerprint density at radius 1 is 1.62 bits per heavy atom. The lowest BCUT2D eigenvalue weighted by atomic mass is 10.1. The first-order valence-electron chi connectivity index (χ1n) is 5.17. The quantitative estimate of drug-likeness (QED) is 0.880. The summed E-state index contributed by atoms with van der Waals surface area (Å²) in [5.74, 6) is 0.0792. The van der Waals surface area contributed by atoms with Crippen molar-refractivity contribution in [2.75, 3.05) is 7.11 Å². The second-order valence-corrected chi connectivity index (χ2v) is 4.51. The molecule has 0 amide bonds. The standard InChI is InChI=1S/C12H13ClO3/c1-16-9-3-2-7(11(13)6-9)4-8-5-10(8)12(14)15/h2-3,6,8,10H,4-5H2,1H3,(H,14,15). The molecule has 0 radical (unpaired) electrons. The molecule has 16 heavy (non-hydrogen) atoms. The number of hydrogen-bond acceptors (Lipinski definition) is 2. The van der Waals surface area contributed by atoms with Gasteiger partial charge in [-0.05, 0) is 36.5 Å². The molecule has 0 saturated heterocycles. The van der Waals surface area contributed by atoms with Gasteiger partial charge in [-0.1, -0.05) is 17.7 Å². The molecule has 2 rings (SSSR count). The molecule has 1 aromatic rings. The zero-order valence-electron chi connectivity index (χ0n) is 8.94. The van der Waals surface area contributed by atoms with E-state index in [1.54, 1.807) is 13.2 Å². The summed E-state index contributed by atoms with van der Waals surface area (Å²) in [5, 5.41) is 9.45. The predicted octanol–water partition coefficient (Wildman–Crippen LogP) is 2.61. The average molecular weight is 241 g/mol. The minimum absolute atomic E-state index is 0.182. The average Bonchev–Trinajstić information content (AvgIpc) is 3.00. The SMILES string of the molecule is COc1ccc(CC2CC2C(=O)O)c(Cl)c1. The molecule has 1 saturated carbocycles.